The van der Waals surface area contributed by atoms with E-state index in [9.17, 15) is 4.79 Å². The minimum atomic E-state index is 0.145. The van der Waals surface area contributed by atoms with Crippen molar-refractivity contribution in [2.24, 2.45) is 0 Å². The largest absolute Gasteiger partial charge is 0.350 e. The van der Waals surface area contributed by atoms with Crippen molar-refractivity contribution < 1.29 is 4.79 Å². The predicted molar refractivity (Wildman–Crippen MR) is 36.1 cm³/mol. The molecule has 2 heteroatoms. The molecule has 1 heterocycles. The lowest BCUT2D eigenvalue weighted by molar-refractivity contribution is -0.132. The lowest BCUT2D eigenvalue weighted by Crippen LogP contribution is -2.58. The molecule has 0 aromatic heterocycles. The Balaban J connectivity index is 2.31. The Morgan fingerprint density at radius 3 is 2.67 bits per heavy atom. The molecule has 1 fully saturated rings. The molecule has 0 aromatic carbocycles. The third-order valence-corrected chi connectivity index (χ3v) is 1.79. The first kappa shape index (κ1) is 6.59. The van der Waals surface area contributed by atoms with Gasteiger partial charge in [0.1, 0.15) is 0 Å². The van der Waals surface area contributed by atoms with Crippen LogP contribution in [-0.4, -0.2) is 11.4 Å². The van der Waals surface area contributed by atoms with Gasteiger partial charge < -0.3 is 5.32 Å². The number of hydrogen-bond donors (Lipinski definition) is 1. The molecular formula is C7H13NO. The molecule has 1 rings (SSSR count). The summed E-state index contributed by atoms with van der Waals surface area (Å²) in [6.45, 7) is 4.23. The van der Waals surface area contributed by atoms with Crippen LogP contribution in [0.3, 0.4) is 0 Å². The molecule has 1 atom stereocenters. The van der Waals surface area contributed by atoms with Gasteiger partial charge in [0.05, 0.1) is 0 Å². The highest BCUT2D eigenvalue weighted by molar-refractivity contribution is 5.84. The quantitative estimate of drug-likeness (QED) is 0.552. The molecule has 0 bridgehead atoms. The van der Waals surface area contributed by atoms with E-state index in [2.05, 4.69) is 19.2 Å². The van der Waals surface area contributed by atoms with E-state index >= 15 is 0 Å². The summed E-state index contributed by atoms with van der Waals surface area (Å²) in [6, 6.07) is 0. The topological polar surface area (TPSA) is 29.1 Å². The smallest absolute Gasteiger partial charge is 0.222 e. The molecule has 1 aliphatic heterocycles. The first-order valence-corrected chi connectivity index (χ1v) is 3.47. The van der Waals surface area contributed by atoms with Gasteiger partial charge in [0.2, 0.25) is 5.91 Å². The summed E-state index contributed by atoms with van der Waals surface area (Å²) in [5, 5.41) is 2.88. The molecule has 1 N–H and O–H groups in total. The standard InChI is InChI=1S/C7H13NO/c1-3-4-7(2)5-6(9)8-7/h3-5H2,1-2H3,(H,8,9). The lowest BCUT2D eigenvalue weighted by atomic mass is 9.85. The van der Waals surface area contributed by atoms with Crippen molar-refractivity contribution in [3.05, 3.63) is 0 Å². The number of hydrogen-bond acceptors (Lipinski definition) is 1. The number of carbonyl (C=O) groups is 1. The SMILES string of the molecule is CCCC1(C)CC(=O)N1. The maximum absolute atomic E-state index is 10.5. The van der Waals surface area contributed by atoms with E-state index in [1.54, 1.807) is 0 Å². The van der Waals surface area contributed by atoms with Crippen LogP contribution in [0.1, 0.15) is 33.1 Å². The highest BCUT2D eigenvalue weighted by Crippen LogP contribution is 2.23. The molecule has 52 valence electrons. The van der Waals surface area contributed by atoms with Crippen LogP contribution in [-0.2, 0) is 4.79 Å². The summed E-state index contributed by atoms with van der Waals surface area (Å²) >= 11 is 0. The van der Waals surface area contributed by atoms with Crippen LogP contribution < -0.4 is 5.32 Å². The Hall–Kier alpha value is -0.530. The Bertz CT molecular complexity index is 123. The summed E-state index contributed by atoms with van der Waals surface area (Å²) in [5.74, 6) is 0.200. The van der Waals surface area contributed by atoms with Crippen LogP contribution in [0.2, 0.25) is 0 Å². The number of nitrogens with one attached hydrogen (secondary N) is 1. The van der Waals surface area contributed by atoms with E-state index in [1.807, 2.05) is 0 Å². The van der Waals surface area contributed by atoms with Crippen molar-refractivity contribution in [2.75, 3.05) is 0 Å². The van der Waals surface area contributed by atoms with Gasteiger partial charge in [-0.2, -0.15) is 0 Å². The second kappa shape index (κ2) is 2.01. The molecule has 0 aromatic rings. The third kappa shape index (κ3) is 1.23. The van der Waals surface area contributed by atoms with Gasteiger partial charge in [-0.25, -0.2) is 0 Å². The second-order valence-corrected chi connectivity index (χ2v) is 3.04. The molecule has 2 nitrogen and oxygen atoms in total. The Kier molecular flexibility index (Phi) is 1.47. The Morgan fingerprint density at radius 1 is 1.78 bits per heavy atom. The minimum absolute atomic E-state index is 0.145. The van der Waals surface area contributed by atoms with E-state index in [-0.39, 0.29) is 11.4 Å². The summed E-state index contributed by atoms with van der Waals surface area (Å²) in [4.78, 5) is 10.5. The molecule has 1 saturated heterocycles. The normalized spacial score (nSPS) is 33.3. The van der Waals surface area contributed by atoms with Gasteiger partial charge in [-0.15, -0.1) is 0 Å². The van der Waals surface area contributed by atoms with Gasteiger partial charge in [-0.3, -0.25) is 4.79 Å². The van der Waals surface area contributed by atoms with Gasteiger partial charge in [-0.05, 0) is 13.3 Å². The average Bonchev–Trinajstić information content (AvgIpc) is 1.62. The van der Waals surface area contributed by atoms with Crippen molar-refractivity contribution in [1.29, 1.82) is 0 Å². The fraction of sp³-hybridized carbons (Fsp3) is 0.857. The van der Waals surface area contributed by atoms with E-state index in [1.165, 1.54) is 0 Å². The molecular weight excluding hydrogens is 114 g/mol. The molecule has 0 spiro atoms. The molecule has 1 amide bonds. The zero-order valence-corrected chi connectivity index (χ0v) is 6.03. The zero-order valence-electron chi connectivity index (χ0n) is 6.03. The molecule has 0 radical (unpaired) electrons. The fourth-order valence-electron chi connectivity index (χ4n) is 1.38. The molecule has 9 heavy (non-hydrogen) atoms. The monoisotopic (exact) mass is 127 g/mol. The van der Waals surface area contributed by atoms with Crippen molar-refractivity contribution in [3.8, 4) is 0 Å². The number of rotatable bonds is 2. The van der Waals surface area contributed by atoms with Crippen LogP contribution in [0, 0.1) is 0 Å². The van der Waals surface area contributed by atoms with Gasteiger partial charge in [0, 0.05) is 12.0 Å². The van der Waals surface area contributed by atoms with E-state index < -0.39 is 0 Å². The second-order valence-electron chi connectivity index (χ2n) is 3.04. The summed E-state index contributed by atoms with van der Waals surface area (Å²) in [5.41, 5.74) is 0.145. The maximum Gasteiger partial charge on any atom is 0.222 e. The zero-order chi connectivity index (χ0) is 6.91. The van der Waals surface area contributed by atoms with Crippen LogP contribution >= 0.6 is 0 Å². The Labute approximate surface area is 55.6 Å². The van der Waals surface area contributed by atoms with Gasteiger partial charge in [0.15, 0.2) is 0 Å². The van der Waals surface area contributed by atoms with Crippen molar-refractivity contribution in [1.82, 2.24) is 5.32 Å². The minimum Gasteiger partial charge on any atom is -0.350 e. The molecule has 1 aliphatic rings. The number of carbonyl (C=O) groups excluding carboxylic acids is 1. The highest BCUT2D eigenvalue weighted by Gasteiger charge is 2.36. The van der Waals surface area contributed by atoms with Crippen molar-refractivity contribution >= 4 is 5.91 Å². The van der Waals surface area contributed by atoms with Gasteiger partial charge in [-0.1, -0.05) is 13.3 Å². The van der Waals surface area contributed by atoms with E-state index in [0.29, 0.717) is 0 Å². The average molecular weight is 127 g/mol. The van der Waals surface area contributed by atoms with Gasteiger partial charge in [0.25, 0.3) is 0 Å². The highest BCUT2D eigenvalue weighted by atomic mass is 16.2. The van der Waals surface area contributed by atoms with Crippen LogP contribution in [0.15, 0.2) is 0 Å². The third-order valence-electron chi connectivity index (χ3n) is 1.79. The summed E-state index contributed by atoms with van der Waals surface area (Å²) < 4.78 is 0. The van der Waals surface area contributed by atoms with Crippen molar-refractivity contribution in [3.63, 3.8) is 0 Å². The summed E-state index contributed by atoms with van der Waals surface area (Å²) in [7, 11) is 0. The van der Waals surface area contributed by atoms with E-state index in [0.717, 1.165) is 19.3 Å². The van der Waals surface area contributed by atoms with Crippen molar-refractivity contribution in [2.45, 2.75) is 38.6 Å². The predicted octanol–water partition coefficient (Wildman–Crippen LogP) is 1.07. The number of amides is 1. The summed E-state index contributed by atoms with van der Waals surface area (Å²) in [6.07, 6.45) is 2.98. The lowest BCUT2D eigenvalue weighted by Gasteiger charge is -2.38. The van der Waals surface area contributed by atoms with Crippen LogP contribution in [0.4, 0.5) is 0 Å². The first-order valence-electron chi connectivity index (χ1n) is 3.47. The van der Waals surface area contributed by atoms with Crippen LogP contribution in [0.5, 0.6) is 0 Å². The van der Waals surface area contributed by atoms with E-state index in [4.69, 9.17) is 0 Å². The van der Waals surface area contributed by atoms with Gasteiger partial charge >= 0.3 is 0 Å². The fourth-order valence-corrected chi connectivity index (χ4v) is 1.38. The maximum atomic E-state index is 10.5. The number of β-lactam (4-membered cyclic amide) rings is 1. The molecule has 0 aliphatic carbocycles. The first-order chi connectivity index (χ1) is 4.16. The van der Waals surface area contributed by atoms with Crippen LogP contribution in [0.25, 0.3) is 0 Å². The molecule has 1 unspecified atom stereocenters. The Morgan fingerprint density at radius 2 is 2.33 bits per heavy atom. The molecule has 0 saturated carbocycles.